The zero-order chi connectivity index (χ0) is 17.0. The summed E-state index contributed by atoms with van der Waals surface area (Å²) < 4.78 is 28.6. The predicted molar refractivity (Wildman–Crippen MR) is 91.9 cm³/mol. The van der Waals surface area contributed by atoms with Gasteiger partial charge in [-0.25, -0.2) is 8.42 Å². The third-order valence-electron chi connectivity index (χ3n) is 3.32. The van der Waals surface area contributed by atoms with Crippen molar-refractivity contribution in [1.29, 1.82) is 0 Å². The van der Waals surface area contributed by atoms with E-state index in [0.717, 1.165) is 5.76 Å². The van der Waals surface area contributed by atoms with Crippen LogP contribution in [0.5, 0.6) is 0 Å². The lowest BCUT2D eigenvalue weighted by Gasteiger charge is -2.09. The molecule has 2 aromatic heterocycles. The van der Waals surface area contributed by atoms with Gasteiger partial charge < -0.3 is 15.1 Å². The van der Waals surface area contributed by atoms with Gasteiger partial charge in [0.2, 0.25) is 11.0 Å². The van der Waals surface area contributed by atoms with E-state index in [0.29, 0.717) is 22.4 Å². The summed E-state index contributed by atoms with van der Waals surface area (Å²) in [5.74, 6) is 0.964. The van der Waals surface area contributed by atoms with Crippen molar-refractivity contribution in [3.05, 3.63) is 24.2 Å². The first-order chi connectivity index (χ1) is 11.5. The number of nitrogens with zero attached hydrogens (tertiary/aromatic N) is 2. The number of carbonyl (C=O) groups excluding carboxylic acids is 1. The van der Waals surface area contributed by atoms with Crippen LogP contribution in [0.15, 0.2) is 27.2 Å². The molecular weight excluding hydrogens is 372 g/mol. The molecule has 0 radical (unpaired) electrons. The van der Waals surface area contributed by atoms with Crippen LogP contribution in [0.4, 0.5) is 5.13 Å². The molecule has 3 heterocycles. The van der Waals surface area contributed by atoms with Gasteiger partial charge in [0.25, 0.3) is 0 Å². The summed E-state index contributed by atoms with van der Waals surface area (Å²) in [7, 11) is -2.99. The van der Waals surface area contributed by atoms with Crippen LogP contribution in [-0.4, -0.2) is 47.8 Å². The molecule has 1 atom stereocenters. The molecule has 0 bridgehead atoms. The molecule has 11 heteroatoms. The van der Waals surface area contributed by atoms with Crippen molar-refractivity contribution < 1.29 is 17.6 Å². The molecule has 3 rings (SSSR count). The van der Waals surface area contributed by atoms with Crippen LogP contribution in [0, 0.1) is 0 Å². The van der Waals surface area contributed by atoms with E-state index in [1.54, 1.807) is 6.26 Å². The minimum absolute atomic E-state index is 0.0308. The molecule has 1 fully saturated rings. The molecule has 2 N–H and O–H groups in total. The number of rotatable bonds is 7. The van der Waals surface area contributed by atoms with Crippen molar-refractivity contribution >= 4 is 44.0 Å². The van der Waals surface area contributed by atoms with E-state index < -0.39 is 9.84 Å². The number of anilines is 1. The van der Waals surface area contributed by atoms with Crippen molar-refractivity contribution in [3.8, 4) is 0 Å². The van der Waals surface area contributed by atoms with E-state index in [1.165, 1.54) is 23.1 Å². The van der Waals surface area contributed by atoms with Crippen LogP contribution in [0.25, 0.3) is 0 Å². The smallest absolute Gasteiger partial charge is 0.230 e. The second-order valence-corrected chi connectivity index (χ2v) is 9.69. The highest BCUT2D eigenvalue weighted by molar-refractivity contribution is 8.01. The Balaban J connectivity index is 1.41. The van der Waals surface area contributed by atoms with E-state index in [4.69, 9.17) is 4.42 Å². The van der Waals surface area contributed by atoms with Crippen LogP contribution in [0.1, 0.15) is 12.2 Å². The molecule has 8 nitrogen and oxygen atoms in total. The molecule has 1 aliphatic heterocycles. The SMILES string of the molecule is O=C(CSc1nnc(NCc2ccco2)s1)NC1CCS(=O)(=O)C1. The maximum Gasteiger partial charge on any atom is 0.230 e. The van der Waals surface area contributed by atoms with Gasteiger partial charge in [-0.3, -0.25) is 4.79 Å². The first kappa shape index (κ1) is 17.2. The average Bonchev–Trinajstić information content (AvgIpc) is 3.24. The van der Waals surface area contributed by atoms with Gasteiger partial charge in [0.1, 0.15) is 5.76 Å². The number of nitrogens with one attached hydrogen (secondary N) is 2. The quantitative estimate of drug-likeness (QED) is 0.679. The monoisotopic (exact) mass is 388 g/mol. The lowest BCUT2D eigenvalue weighted by molar-refractivity contribution is -0.119. The second kappa shape index (κ2) is 7.53. The Labute approximate surface area is 147 Å². The van der Waals surface area contributed by atoms with E-state index in [9.17, 15) is 13.2 Å². The third-order valence-corrected chi connectivity index (χ3v) is 7.11. The van der Waals surface area contributed by atoms with Crippen LogP contribution < -0.4 is 10.6 Å². The van der Waals surface area contributed by atoms with Crippen molar-refractivity contribution in [1.82, 2.24) is 15.5 Å². The summed E-state index contributed by atoms with van der Waals surface area (Å²) in [4.78, 5) is 11.9. The standard InChI is InChI=1S/C13H16N4O4S3/c18-11(15-9-3-5-24(19,20)8-9)7-22-13-17-16-12(23-13)14-6-10-2-1-4-21-10/h1-2,4,9H,3,5-8H2,(H,14,16)(H,15,18). The van der Waals surface area contributed by atoms with Crippen LogP contribution in [0.2, 0.25) is 0 Å². The van der Waals surface area contributed by atoms with Crippen LogP contribution >= 0.6 is 23.1 Å². The molecule has 0 aliphatic carbocycles. The third kappa shape index (κ3) is 4.95. The Morgan fingerprint density at radius 3 is 3.04 bits per heavy atom. The Bertz CT molecular complexity index is 788. The predicted octanol–water partition coefficient (Wildman–Crippen LogP) is 1.14. The molecule has 2 aromatic rings. The molecule has 1 saturated heterocycles. The van der Waals surface area contributed by atoms with Crippen molar-refractivity contribution in [2.24, 2.45) is 0 Å². The number of carbonyl (C=O) groups is 1. The summed E-state index contributed by atoms with van der Waals surface area (Å²) in [6.07, 6.45) is 2.09. The van der Waals surface area contributed by atoms with Crippen molar-refractivity contribution in [3.63, 3.8) is 0 Å². The molecule has 24 heavy (non-hydrogen) atoms. The molecule has 1 aliphatic rings. The number of hydrogen-bond donors (Lipinski definition) is 2. The lowest BCUT2D eigenvalue weighted by atomic mass is 10.3. The van der Waals surface area contributed by atoms with Gasteiger partial charge in [0.05, 0.1) is 30.1 Å². The Kier molecular flexibility index (Phi) is 5.41. The van der Waals surface area contributed by atoms with Gasteiger partial charge in [-0.05, 0) is 18.6 Å². The fourth-order valence-corrected chi connectivity index (χ4v) is 5.45. The van der Waals surface area contributed by atoms with Crippen LogP contribution in [0.3, 0.4) is 0 Å². The molecule has 130 valence electrons. The summed E-state index contributed by atoms with van der Waals surface area (Å²) in [5.41, 5.74) is 0. The number of amides is 1. The number of hydrogen-bond acceptors (Lipinski definition) is 9. The first-order valence-corrected chi connectivity index (χ1v) is 10.8. The Hall–Kier alpha value is -1.59. The number of furan rings is 1. The van der Waals surface area contributed by atoms with Gasteiger partial charge in [-0.1, -0.05) is 23.1 Å². The highest BCUT2D eigenvalue weighted by atomic mass is 32.2. The van der Waals surface area contributed by atoms with E-state index in [1.807, 2.05) is 12.1 Å². The fraction of sp³-hybridized carbons (Fsp3) is 0.462. The maximum absolute atomic E-state index is 11.9. The minimum Gasteiger partial charge on any atom is -0.467 e. The van der Waals surface area contributed by atoms with E-state index >= 15 is 0 Å². The Morgan fingerprint density at radius 2 is 2.33 bits per heavy atom. The van der Waals surface area contributed by atoms with Gasteiger partial charge >= 0.3 is 0 Å². The molecule has 0 saturated carbocycles. The highest BCUT2D eigenvalue weighted by Gasteiger charge is 2.28. The molecule has 0 spiro atoms. The van der Waals surface area contributed by atoms with Crippen molar-refractivity contribution in [2.75, 3.05) is 22.6 Å². The Morgan fingerprint density at radius 1 is 1.46 bits per heavy atom. The average molecular weight is 388 g/mol. The largest absolute Gasteiger partial charge is 0.467 e. The topological polar surface area (TPSA) is 114 Å². The molecule has 1 amide bonds. The van der Waals surface area contributed by atoms with Crippen molar-refractivity contribution in [2.45, 2.75) is 23.3 Å². The fourth-order valence-electron chi connectivity index (χ4n) is 2.22. The summed E-state index contributed by atoms with van der Waals surface area (Å²) in [6.45, 7) is 0.517. The van der Waals surface area contributed by atoms with Crippen LogP contribution in [-0.2, 0) is 21.2 Å². The molecule has 0 aromatic carbocycles. The minimum atomic E-state index is -2.99. The molecule has 1 unspecified atom stereocenters. The first-order valence-electron chi connectivity index (χ1n) is 7.22. The zero-order valence-corrected chi connectivity index (χ0v) is 15.0. The highest BCUT2D eigenvalue weighted by Crippen LogP contribution is 2.25. The van der Waals surface area contributed by atoms with E-state index in [-0.39, 0.29) is 29.2 Å². The number of thioether (sulfide) groups is 1. The number of aromatic nitrogens is 2. The van der Waals surface area contributed by atoms with Gasteiger partial charge in [-0.15, -0.1) is 10.2 Å². The van der Waals surface area contributed by atoms with Gasteiger partial charge in [-0.2, -0.15) is 0 Å². The lowest BCUT2D eigenvalue weighted by Crippen LogP contribution is -2.36. The van der Waals surface area contributed by atoms with Gasteiger partial charge in [0, 0.05) is 6.04 Å². The van der Waals surface area contributed by atoms with E-state index in [2.05, 4.69) is 20.8 Å². The second-order valence-electron chi connectivity index (χ2n) is 5.26. The molecular formula is C13H16N4O4S3. The summed E-state index contributed by atoms with van der Waals surface area (Å²) in [5, 5.41) is 14.5. The summed E-state index contributed by atoms with van der Waals surface area (Å²) >= 11 is 2.63. The normalized spacial score (nSPS) is 19.2. The van der Waals surface area contributed by atoms with Gasteiger partial charge in [0.15, 0.2) is 14.2 Å². The summed E-state index contributed by atoms with van der Waals surface area (Å²) in [6, 6.07) is 3.40. The maximum atomic E-state index is 11.9. The number of sulfone groups is 1. The zero-order valence-electron chi connectivity index (χ0n) is 12.6.